The van der Waals surface area contributed by atoms with E-state index in [9.17, 15) is 14.7 Å². The Morgan fingerprint density at radius 2 is 1.96 bits per heavy atom. The molecule has 6 heteroatoms. The third-order valence-corrected chi connectivity index (χ3v) is 5.88. The number of piperidine rings is 1. The van der Waals surface area contributed by atoms with Crippen molar-refractivity contribution in [1.82, 2.24) is 9.80 Å². The number of carboxylic acid groups (broad SMARTS) is 1. The molecule has 1 aromatic rings. The van der Waals surface area contributed by atoms with Crippen LogP contribution in [0.25, 0.3) is 6.08 Å². The lowest BCUT2D eigenvalue weighted by atomic mass is 9.77. The molecule has 0 saturated carbocycles. The molecule has 6 nitrogen and oxygen atoms in total. The predicted octanol–water partition coefficient (Wildman–Crippen LogP) is 2.11. The number of hydrogen-bond acceptors (Lipinski definition) is 4. The Hall–Kier alpha value is -2.34. The summed E-state index contributed by atoms with van der Waals surface area (Å²) >= 11 is 0. The SMILES string of the molecule is COc1ccc(/C=C/CN2CCC3(CC2)[C@@H](C(=O)O)CC(=O)N3C)cc1. The zero-order valence-electron chi connectivity index (χ0n) is 15.4. The van der Waals surface area contributed by atoms with Crippen LogP contribution in [0.1, 0.15) is 24.8 Å². The van der Waals surface area contributed by atoms with Crippen molar-refractivity contribution in [2.75, 3.05) is 33.8 Å². The number of nitrogens with zero attached hydrogens (tertiary/aromatic N) is 2. The number of aliphatic carboxylic acids is 1. The molecule has 0 bridgehead atoms. The van der Waals surface area contributed by atoms with E-state index >= 15 is 0 Å². The quantitative estimate of drug-likeness (QED) is 0.873. The number of likely N-dealkylation sites (tertiary alicyclic amines) is 2. The minimum atomic E-state index is -0.851. The lowest BCUT2D eigenvalue weighted by Crippen LogP contribution is -2.56. The first kappa shape index (κ1) is 18.5. The Kier molecular flexibility index (Phi) is 5.32. The van der Waals surface area contributed by atoms with E-state index in [1.165, 1.54) is 0 Å². The predicted molar refractivity (Wildman–Crippen MR) is 98.9 cm³/mol. The van der Waals surface area contributed by atoms with Gasteiger partial charge in [0.1, 0.15) is 5.75 Å². The van der Waals surface area contributed by atoms with Crippen molar-refractivity contribution in [3.63, 3.8) is 0 Å². The van der Waals surface area contributed by atoms with E-state index in [0.29, 0.717) is 12.8 Å². The van der Waals surface area contributed by atoms with E-state index in [0.717, 1.165) is 30.9 Å². The fourth-order valence-corrected chi connectivity index (χ4v) is 4.16. The molecular formula is C20H26N2O4. The average Bonchev–Trinajstić information content (AvgIpc) is 2.89. The highest BCUT2D eigenvalue weighted by Crippen LogP contribution is 2.42. The fourth-order valence-electron chi connectivity index (χ4n) is 4.16. The first-order chi connectivity index (χ1) is 12.5. The lowest BCUT2D eigenvalue weighted by molar-refractivity contribution is -0.146. The monoisotopic (exact) mass is 358 g/mol. The van der Waals surface area contributed by atoms with Crippen LogP contribution in [0.5, 0.6) is 5.75 Å². The molecule has 1 N–H and O–H groups in total. The molecule has 140 valence electrons. The summed E-state index contributed by atoms with van der Waals surface area (Å²) < 4.78 is 5.15. The van der Waals surface area contributed by atoms with Crippen LogP contribution in [0.4, 0.5) is 0 Å². The van der Waals surface area contributed by atoms with Gasteiger partial charge in [-0.05, 0) is 30.5 Å². The smallest absolute Gasteiger partial charge is 0.309 e. The highest BCUT2D eigenvalue weighted by atomic mass is 16.5. The normalized spacial score (nSPS) is 23.1. The number of methoxy groups -OCH3 is 1. The van der Waals surface area contributed by atoms with Crippen LogP contribution in [0.2, 0.25) is 0 Å². The summed E-state index contributed by atoms with van der Waals surface area (Å²) in [5.74, 6) is -0.649. The van der Waals surface area contributed by atoms with Gasteiger partial charge in [-0.25, -0.2) is 0 Å². The Morgan fingerprint density at radius 1 is 1.31 bits per heavy atom. The van der Waals surface area contributed by atoms with Crippen molar-refractivity contribution in [2.45, 2.75) is 24.8 Å². The molecule has 2 aliphatic heterocycles. The van der Waals surface area contributed by atoms with Gasteiger partial charge >= 0.3 is 5.97 Å². The summed E-state index contributed by atoms with van der Waals surface area (Å²) in [6.45, 7) is 2.42. The molecule has 0 radical (unpaired) electrons. The molecular weight excluding hydrogens is 332 g/mol. The fraction of sp³-hybridized carbons (Fsp3) is 0.500. The number of benzene rings is 1. The van der Waals surface area contributed by atoms with E-state index in [4.69, 9.17) is 4.74 Å². The van der Waals surface area contributed by atoms with Gasteiger partial charge in [0.2, 0.25) is 5.91 Å². The molecule has 2 heterocycles. The maximum absolute atomic E-state index is 12.0. The minimum absolute atomic E-state index is 0.0507. The van der Waals surface area contributed by atoms with Gasteiger partial charge in [0.15, 0.2) is 0 Å². The summed E-state index contributed by atoms with van der Waals surface area (Å²) in [6.07, 6.45) is 5.75. The van der Waals surface area contributed by atoms with Crippen LogP contribution in [0.15, 0.2) is 30.3 Å². The zero-order chi connectivity index (χ0) is 18.7. The number of rotatable bonds is 5. The lowest BCUT2D eigenvalue weighted by Gasteiger charge is -2.45. The first-order valence-electron chi connectivity index (χ1n) is 8.99. The minimum Gasteiger partial charge on any atom is -0.497 e. The van der Waals surface area contributed by atoms with E-state index in [-0.39, 0.29) is 12.3 Å². The molecule has 1 atom stereocenters. The standard InChI is InChI=1S/C20H26N2O4/c1-21-18(23)14-17(19(24)25)20(21)9-12-22(13-10-20)11-3-4-15-5-7-16(26-2)8-6-15/h3-8,17H,9-14H2,1-2H3,(H,24,25)/b4-3+/t17-/m1/s1. The number of carbonyl (C=O) groups excluding carboxylic acids is 1. The van der Waals surface area contributed by atoms with Gasteiger partial charge in [-0.15, -0.1) is 0 Å². The number of ether oxygens (including phenoxy) is 1. The zero-order valence-corrected chi connectivity index (χ0v) is 15.4. The van der Waals surface area contributed by atoms with Crippen molar-refractivity contribution < 1.29 is 19.4 Å². The largest absolute Gasteiger partial charge is 0.497 e. The molecule has 2 aliphatic rings. The molecule has 0 unspecified atom stereocenters. The molecule has 0 aromatic heterocycles. The molecule has 3 rings (SSSR count). The topological polar surface area (TPSA) is 70.1 Å². The van der Waals surface area contributed by atoms with Crippen molar-refractivity contribution >= 4 is 18.0 Å². The van der Waals surface area contributed by atoms with Gasteiger partial charge in [-0.1, -0.05) is 24.3 Å². The second kappa shape index (κ2) is 7.50. The summed E-state index contributed by atoms with van der Waals surface area (Å²) in [5, 5.41) is 9.52. The average molecular weight is 358 g/mol. The maximum Gasteiger partial charge on any atom is 0.309 e. The van der Waals surface area contributed by atoms with Gasteiger partial charge in [0.25, 0.3) is 0 Å². The van der Waals surface area contributed by atoms with Crippen molar-refractivity contribution in [2.24, 2.45) is 5.92 Å². The van der Waals surface area contributed by atoms with Gasteiger partial charge in [0, 0.05) is 33.1 Å². The van der Waals surface area contributed by atoms with E-state index in [2.05, 4.69) is 17.1 Å². The molecule has 2 fully saturated rings. The summed E-state index contributed by atoms with van der Waals surface area (Å²) in [7, 11) is 3.41. The van der Waals surface area contributed by atoms with Gasteiger partial charge < -0.3 is 14.7 Å². The van der Waals surface area contributed by atoms with E-state index in [1.54, 1.807) is 19.1 Å². The van der Waals surface area contributed by atoms with Crippen LogP contribution < -0.4 is 4.74 Å². The van der Waals surface area contributed by atoms with Crippen molar-refractivity contribution in [3.05, 3.63) is 35.9 Å². The van der Waals surface area contributed by atoms with Crippen LogP contribution in [-0.4, -0.2) is 66.1 Å². The Bertz CT molecular complexity index is 690. The van der Waals surface area contributed by atoms with E-state index in [1.807, 2.05) is 24.3 Å². The van der Waals surface area contributed by atoms with Gasteiger partial charge in [-0.3, -0.25) is 14.5 Å². The van der Waals surface area contributed by atoms with Crippen LogP contribution >= 0.6 is 0 Å². The maximum atomic E-state index is 12.0. The molecule has 0 aliphatic carbocycles. The van der Waals surface area contributed by atoms with Gasteiger partial charge in [0.05, 0.1) is 18.6 Å². The molecule has 2 saturated heterocycles. The molecule has 1 amide bonds. The Balaban J connectivity index is 1.57. The van der Waals surface area contributed by atoms with Crippen molar-refractivity contribution in [1.29, 1.82) is 0 Å². The van der Waals surface area contributed by atoms with Crippen LogP contribution in [0, 0.1) is 5.92 Å². The van der Waals surface area contributed by atoms with E-state index < -0.39 is 17.4 Å². The highest BCUT2D eigenvalue weighted by Gasteiger charge is 2.55. The number of carbonyl (C=O) groups is 2. The number of hydrogen-bond donors (Lipinski definition) is 1. The number of amides is 1. The Morgan fingerprint density at radius 3 is 2.54 bits per heavy atom. The van der Waals surface area contributed by atoms with Crippen molar-refractivity contribution in [3.8, 4) is 5.75 Å². The van der Waals surface area contributed by atoms with Crippen LogP contribution in [0.3, 0.4) is 0 Å². The second-order valence-electron chi connectivity index (χ2n) is 7.13. The molecule has 1 spiro atoms. The molecule has 26 heavy (non-hydrogen) atoms. The third kappa shape index (κ3) is 3.46. The first-order valence-corrected chi connectivity index (χ1v) is 8.99. The van der Waals surface area contributed by atoms with Gasteiger partial charge in [-0.2, -0.15) is 0 Å². The second-order valence-corrected chi connectivity index (χ2v) is 7.13. The molecule has 1 aromatic carbocycles. The Labute approximate surface area is 154 Å². The third-order valence-electron chi connectivity index (χ3n) is 5.88. The summed E-state index contributed by atoms with van der Waals surface area (Å²) in [6, 6.07) is 7.89. The van der Waals surface area contributed by atoms with Crippen LogP contribution in [-0.2, 0) is 9.59 Å². The summed E-state index contributed by atoms with van der Waals surface area (Å²) in [4.78, 5) is 27.7. The summed E-state index contributed by atoms with van der Waals surface area (Å²) in [5.41, 5.74) is 0.602. The highest BCUT2D eigenvalue weighted by molar-refractivity contribution is 5.88. The number of carboxylic acids is 1.